The summed E-state index contributed by atoms with van der Waals surface area (Å²) >= 11 is 0. The summed E-state index contributed by atoms with van der Waals surface area (Å²) < 4.78 is 14.3. The molecule has 0 aliphatic carbocycles. The minimum Gasteiger partial charge on any atom is -0.302 e. The summed E-state index contributed by atoms with van der Waals surface area (Å²) in [5, 5.41) is 2.03. The van der Waals surface area contributed by atoms with Crippen molar-refractivity contribution >= 4 is 0 Å². The Bertz CT molecular complexity index is 665. The maximum absolute atomic E-state index is 14.3. The fourth-order valence-electron chi connectivity index (χ4n) is 3.70. The lowest BCUT2D eigenvalue weighted by molar-refractivity contribution is -0.135. The van der Waals surface area contributed by atoms with Crippen molar-refractivity contribution in [2.75, 3.05) is 20.2 Å². The molecule has 0 aromatic heterocycles. The first-order valence-corrected chi connectivity index (χ1v) is 9.65. The molecule has 2 rings (SSSR count). The largest absolute Gasteiger partial charge is 0.302 e. The topological polar surface area (TPSA) is 12.5 Å². The molecule has 0 radical (unpaired) electrons. The van der Waals surface area contributed by atoms with E-state index >= 15 is 0 Å². The van der Waals surface area contributed by atoms with Gasteiger partial charge in [-0.1, -0.05) is 56.2 Å². The van der Waals surface area contributed by atoms with E-state index in [9.17, 15) is 4.39 Å². The number of halogens is 1. The molecule has 2 aromatic carbocycles. The highest BCUT2D eigenvalue weighted by Gasteiger charge is 2.21. The third-order valence-electron chi connectivity index (χ3n) is 5.07. The Morgan fingerprint density at radius 2 is 1.69 bits per heavy atom. The van der Waals surface area contributed by atoms with Gasteiger partial charge >= 0.3 is 0 Å². The zero-order chi connectivity index (χ0) is 18.9. The second kappa shape index (κ2) is 10.4. The summed E-state index contributed by atoms with van der Waals surface area (Å²) in [5.41, 5.74) is 4.60. The number of unbranched alkanes of at least 4 members (excludes halogenated alkanes) is 2. The minimum atomic E-state index is -0.126. The second-order valence-electron chi connectivity index (χ2n) is 7.08. The minimum absolute atomic E-state index is 0.126. The zero-order valence-electron chi connectivity index (χ0n) is 16.6. The summed E-state index contributed by atoms with van der Waals surface area (Å²) in [7, 11) is 1.73. The molecular formula is C23H32FNO. The lowest BCUT2D eigenvalue weighted by atomic mass is 9.86. The Balaban J connectivity index is 2.27. The van der Waals surface area contributed by atoms with Crippen LogP contribution in [0.15, 0.2) is 42.5 Å². The van der Waals surface area contributed by atoms with E-state index in [0.717, 1.165) is 25.1 Å². The average molecular weight is 358 g/mol. The molecular weight excluding hydrogens is 325 g/mol. The van der Waals surface area contributed by atoms with Crippen molar-refractivity contribution < 1.29 is 9.23 Å². The van der Waals surface area contributed by atoms with Crippen molar-refractivity contribution in [3.05, 3.63) is 70.5 Å². The number of nitrogens with zero attached hydrogens (tertiary/aromatic N) is 1. The van der Waals surface area contributed by atoms with E-state index in [1.807, 2.05) is 17.2 Å². The van der Waals surface area contributed by atoms with E-state index < -0.39 is 0 Å². The molecule has 26 heavy (non-hydrogen) atoms. The molecule has 0 N–H and O–H groups in total. The Morgan fingerprint density at radius 1 is 1.00 bits per heavy atom. The van der Waals surface area contributed by atoms with E-state index in [0.29, 0.717) is 6.42 Å². The summed E-state index contributed by atoms with van der Waals surface area (Å²) in [6.07, 6.45) is 4.17. The fraction of sp³-hybridized carbons (Fsp3) is 0.478. The van der Waals surface area contributed by atoms with Crippen molar-refractivity contribution in [2.45, 2.75) is 52.4 Å². The molecule has 142 valence electrons. The van der Waals surface area contributed by atoms with Gasteiger partial charge in [-0.25, -0.2) is 4.39 Å². The van der Waals surface area contributed by atoms with Gasteiger partial charge in [0.15, 0.2) is 0 Å². The molecule has 0 amide bonds. The maximum atomic E-state index is 14.3. The Hall–Kier alpha value is -1.71. The first-order chi connectivity index (χ1) is 12.6. The smallest absolute Gasteiger partial charge is 0.126 e. The molecule has 3 heteroatoms. The van der Waals surface area contributed by atoms with Gasteiger partial charge in [0.05, 0.1) is 7.11 Å². The van der Waals surface area contributed by atoms with Gasteiger partial charge in [0.25, 0.3) is 0 Å². The van der Waals surface area contributed by atoms with Gasteiger partial charge < -0.3 is 4.84 Å². The molecule has 0 fully saturated rings. The summed E-state index contributed by atoms with van der Waals surface area (Å²) in [5.74, 6) is 0.0633. The highest BCUT2D eigenvalue weighted by atomic mass is 19.1. The first-order valence-electron chi connectivity index (χ1n) is 9.65. The zero-order valence-corrected chi connectivity index (χ0v) is 16.6. The van der Waals surface area contributed by atoms with Crippen molar-refractivity contribution in [2.24, 2.45) is 0 Å². The quantitative estimate of drug-likeness (QED) is 0.392. The van der Waals surface area contributed by atoms with Crippen LogP contribution in [0.4, 0.5) is 4.39 Å². The monoisotopic (exact) mass is 357 g/mol. The van der Waals surface area contributed by atoms with Gasteiger partial charge in [-0.2, -0.15) is 5.06 Å². The standard InChI is InChI=1S/C23H32FNO/c1-5-6-9-15-25(26-4)17-21(16-20-13-7-8-14-22(20)24)23-18(2)11-10-12-19(23)3/h7-8,10-14,21H,5-6,9,15-17H2,1-4H3. The Labute approximate surface area is 157 Å². The van der Waals surface area contributed by atoms with Crippen LogP contribution in [-0.2, 0) is 11.3 Å². The van der Waals surface area contributed by atoms with Gasteiger partial charge in [0.2, 0.25) is 0 Å². The highest BCUT2D eigenvalue weighted by Crippen LogP contribution is 2.29. The Morgan fingerprint density at radius 3 is 2.31 bits per heavy atom. The SMILES string of the molecule is CCCCCN(CC(Cc1ccccc1F)c1c(C)cccc1C)OC. The number of hydrogen-bond acceptors (Lipinski definition) is 2. The van der Waals surface area contributed by atoms with Crippen molar-refractivity contribution in [1.29, 1.82) is 0 Å². The molecule has 2 nitrogen and oxygen atoms in total. The van der Waals surface area contributed by atoms with Crippen LogP contribution in [0.3, 0.4) is 0 Å². The predicted molar refractivity (Wildman–Crippen MR) is 107 cm³/mol. The number of aryl methyl sites for hydroxylation is 2. The number of benzene rings is 2. The summed E-state index contributed by atoms with van der Waals surface area (Å²) in [6, 6.07) is 13.5. The van der Waals surface area contributed by atoms with Gasteiger partial charge in [0, 0.05) is 19.0 Å². The second-order valence-corrected chi connectivity index (χ2v) is 7.08. The molecule has 0 aliphatic rings. The predicted octanol–water partition coefficient (Wildman–Crippen LogP) is 5.82. The molecule has 0 spiro atoms. The third-order valence-corrected chi connectivity index (χ3v) is 5.07. The lowest BCUT2D eigenvalue weighted by Gasteiger charge is -2.28. The van der Waals surface area contributed by atoms with Crippen molar-refractivity contribution in [3.63, 3.8) is 0 Å². The van der Waals surface area contributed by atoms with Gasteiger partial charge in [-0.05, 0) is 55.0 Å². The van der Waals surface area contributed by atoms with Crippen molar-refractivity contribution in [1.82, 2.24) is 5.06 Å². The van der Waals surface area contributed by atoms with Crippen molar-refractivity contribution in [3.8, 4) is 0 Å². The summed E-state index contributed by atoms with van der Waals surface area (Å²) in [4.78, 5) is 5.64. The molecule has 1 atom stereocenters. The van der Waals surface area contributed by atoms with Crippen LogP contribution in [0.25, 0.3) is 0 Å². The molecule has 0 aliphatic heterocycles. The van der Waals surface area contributed by atoms with E-state index in [-0.39, 0.29) is 11.7 Å². The molecule has 1 unspecified atom stereocenters. The van der Waals surface area contributed by atoms with Gasteiger partial charge in [0.1, 0.15) is 5.82 Å². The lowest BCUT2D eigenvalue weighted by Crippen LogP contribution is -2.30. The molecule has 2 aromatic rings. The van der Waals surface area contributed by atoms with Crippen LogP contribution in [0.5, 0.6) is 0 Å². The highest BCUT2D eigenvalue weighted by molar-refractivity contribution is 5.38. The molecule has 0 saturated carbocycles. The Kier molecular flexibility index (Phi) is 8.27. The van der Waals surface area contributed by atoms with Crippen LogP contribution in [0.1, 0.15) is 54.4 Å². The van der Waals surface area contributed by atoms with E-state index in [1.165, 1.54) is 29.5 Å². The normalized spacial score (nSPS) is 12.5. The van der Waals surface area contributed by atoms with Crippen LogP contribution in [-0.4, -0.2) is 25.3 Å². The van der Waals surface area contributed by atoms with Crippen LogP contribution in [0, 0.1) is 19.7 Å². The summed E-state index contributed by atoms with van der Waals surface area (Å²) in [6.45, 7) is 8.16. The van der Waals surface area contributed by atoms with Crippen LogP contribution < -0.4 is 0 Å². The van der Waals surface area contributed by atoms with E-state index in [1.54, 1.807) is 19.2 Å². The van der Waals surface area contributed by atoms with Crippen LogP contribution >= 0.6 is 0 Å². The maximum Gasteiger partial charge on any atom is 0.126 e. The van der Waals surface area contributed by atoms with Gasteiger partial charge in [-0.3, -0.25) is 0 Å². The van der Waals surface area contributed by atoms with Crippen LogP contribution in [0.2, 0.25) is 0 Å². The fourth-order valence-corrected chi connectivity index (χ4v) is 3.70. The molecule has 0 saturated heterocycles. The molecule has 0 bridgehead atoms. The number of hydroxylamine groups is 2. The average Bonchev–Trinajstić information content (AvgIpc) is 2.62. The number of hydrogen-bond donors (Lipinski definition) is 0. The molecule has 0 heterocycles. The van der Waals surface area contributed by atoms with E-state index in [4.69, 9.17) is 4.84 Å². The van der Waals surface area contributed by atoms with Gasteiger partial charge in [-0.15, -0.1) is 0 Å². The van der Waals surface area contributed by atoms with E-state index in [2.05, 4.69) is 39.0 Å². The first kappa shape index (κ1) is 20.6. The third kappa shape index (κ3) is 5.65. The number of rotatable bonds is 10.